The van der Waals surface area contributed by atoms with Gasteiger partial charge in [0, 0.05) is 4.88 Å². The summed E-state index contributed by atoms with van der Waals surface area (Å²) in [6.07, 6.45) is 12.1. The molecule has 4 rings (SSSR count). The molecule has 1 heterocycles. The molecule has 1 aromatic rings. The summed E-state index contributed by atoms with van der Waals surface area (Å²) in [5.74, 6) is 1.82. The predicted octanol–water partition coefficient (Wildman–Crippen LogP) is 4.04. The summed E-state index contributed by atoms with van der Waals surface area (Å²) in [4.78, 5) is 6.74. The highest BCUT2D eigenvalue weighted by Crippen LogP contribution is 2.56. The maximum Gasteiger partial charge on any atom is 0.114 e. The first kappa shape index (κ1) is 13.3. The van der Waals surface area contributed by atoms with Crippen molar-refractivity contribution in [2.45, 2.75) is 70.3 Å². The van der Waals surface area contributed by atoms with E-state index in [-0.39, 0.29) is 5.54 Å². The zero-order chi connectivity index (χ0) is 13.6. The van der Waals surface area contributed by atoms with Gasteiger partial charge in [-0.1, -0.05) is 13.3 Å². The molecule has 0 amide bonds. The van der Waals surface area contributed by atoms with Gasteiger partial charge < -0.3 is 5.32 Å². The Kier molecular flexibility index (Phi) is 3.38. The predicted molar refractivity (Wildman–Crippen MR) is 84.2 cm³/mol. The molecule has 2 nitrogen and oxygen atoms in total. The van der Waals surface area contributed by atoms with Crippen molar-refractivity contribution in [2.24, 2.45) is 11.8 Å². The summed E-state index contributed by atoms with van der Waals surface area (Å²) in [5, 5.41) is 5.40. The van der Waals surface area contributed by atoms with Crippen molar-refractivity contribution in [3.05, 3.63) is 15.6 Å². The van der Waals surface area contributed by atoms with Crippen LogP contribution in [0.1, 0.15) is 67.4 Å². The number of hydrogen-bond acceptors (Lipinski definition) is 3. The molecule has 3 aliphatic carbocycles. The lowest BCUT2D eigenvalue weighted by atomic mass is 9.81. The summed E-state index contributed by atoms with van der Waals surface area (Å²) < 4.78 is 0. The average Bonchev–Trinajstić information content (AvgIpc) is 3.18. The molecule has 0 aliphatic heterocycles. The van der Waals surface area contributed by atoms with E-state index in [4.69, 9.17) is 4.98 Å². The lowest BCUT2D eigenvalue weighted by Crippen LogP contribution is -2.47. The van der Waals surface area contributed by atoms with Crippen LogP contribution in [0.5, 0.6) is 0 Å². The molecule has 2 fully saturated rings. The fraction of sp³-hybridized carbons (Fsp3) is 0.824. The van der Waals surface area contributed by atoms with Crippen molar-refractivity contribution >= 4 is 11.3 Å². The van der Waals surface area contributed by atoms with Crippen molar-refractivity contribution in [2.75, 3.05) is 6.54 Å². The van der Waals surface area contributed by atoms with Gasteiger partial charge in [0.15, 0.2) is 0 Å². The van der Waals surface area contributed by atoms with Gasteiger partial charge in [0.2, 0.25) is 0 Å². The molecule has 2 saturated carbocycles. The Bertz CT molecular complexity index is 472. The van der Waals surface area contributed by atoms with Crippen LogP contribution in [0.15, 0.2) is 0 Å². The van der Waals surface area contributed by atoms with Gasteiger partial charge in [-0.05, 0) is 69.7 Å². The third-order valence-electron chi connectivity index (χ3n) is 5.77. The molecule has 3 unspecified atom stereocenters. The monoisotopic (exact) mass is 290 g/mol. The Morgan fingerprint density at radius 1 is 1.30 bits per heavy atom. The first-order valence-corrected chi connectivity index (χ1v) is 9.37. The Morgan fingerprint density at radius 2 is 2.20 bits per heavy atom. The number of fused-ring (bicyclic) bond motifs is 3. The maximum absolute atomic E-state index is 5.13. The smallest absolute Gasteiger partial charge is 0.114 e. The standard InChI is InChI=1S/C17H26N2S/c1-2-9-18-17(11-12-7-8-13(17)10-12)16-19-14-5-3-4-6-15(14)20-16/h12-13,18H,2-11H2,1H3. The quantitative estimate of drug-likeness (QED) is 0.905. The van der Waals surface area contributed by atoms with E-state index in [1.54, 1.807) is 4.88 Å². The molecule has 3 heteroatoms. The van der Waals surface area contributed by atoms with Crippen LogP contribution in [0.4, 0.5) is 0 Å². The molecule has 2 bridgehead atoms. The summed E-state index contributed by atoms with van der Waals surface area (Å²) in [5.41, 5.74) is 1.69. The van der Waals surface area contributed by atoms with Crippen LogP contribution < -0.4 is 5.32 Å². The van der Waals surface area contributed by atoms with E-state index in [1.165, 1.54) is 68.5 Å². The van der Waals surface area contributed by atoms with Gasteiger partial charge in [0.25, 0.3) is 0 Å². The van der Waals surface area contributed by atoms with Crippen molar-refractivity contribution in [3.8, 4) is 0 Å². The molecule has 0 radical (unpaired) electrons. The number of aromatic nitrogens is 1. The molecule has 0 aromatic carbocycles. The molecule has 1 aromatic heterocycles. The molecular weight excluding hydrogens is 264 g/mol. The topological polar surface area (TPSA) is 24.9 Å². The van der Waals surface area contributed by atoms with E-state index in [9.17, 15) is 0 Å². The first-order chi connectivity index (χ1) is 9.82. The summed E-state index contributed by atoms with van der Waals surface area (Å²) >= 11 is 2.05. The van der Waals surface area contributed by atoms with Gasteiger partial charge in [0.05, 0.1) is 11.2 Å². The van der Waals surface area contributed by atoms with Crippen LogP contribution in [-0.2, 0) is 18.4 Å². The highest BCUT2D eigenvalue weighted by Gasteiger charge is 2.53. The maximum atomic E-state index is 5.13. The van der Waals surface area contributed by atoms with E-state index < -0.39 is 0 Å². The molecule has 3 aliphatic rings. The minimum absolute atomic E-state index is 0.251. The van der Waals surface area contributed by atoms with E-state index in [1.807, 2.05) is 11.3 Å². The Morgan fingerprint density at radius 3 is 2.90 bits per heavy atom. The number of nitrogens with zero attached hydrogens (tertiary/aromatic N) is 1. The number of thiazole rings is 1. The van der Waals surface area contributed by atoms with Gasteiger partial charge in [-0.25, -0.2) is 4.98 Å². The first-order valence-electron chi connectivity index (χ1n) is 8.56. The zero-order valence-corrected chi connectivity index (χ0v) is 13.4. The number of aryl methyl sites for hydroxylation is 2. The number of nitrogens with one attached hydrogen (secondary N) is 1. The number of hydrogen-bond donors (Lipinski definition) is 1. The molecule has 0 spiro atoms. The van der Waals surface area contributed by atoms with Gasteiger partial charge >= 0.3 is 0 Å². The highest BCUT2D eigenvalue weighted by molar-refractivity contribution is 7.11. The highest BCUT2D eigenvalue weighted by atomic mass is 32.1. The fourth-order valence-electron chi connectivity index (χ4n) is 4.77. The average molecular weight is 290 g/mol. The van der Waals surface area contributed by atoms with E-state index >= 15 is 0 Å². The third-order valence-corrected chi connectivity index (χ3v) is 7.10. The third kappa shape index (κ3) is 1.97. The van der Waals surface area contributed by atoms with E-state index in [2.05, 4.69) is 12.2 Å². The summed E-state index contributed by atoms with van der Waals surface area (Å²) in [7, 11) is 0. The van der Waals surface area contributed by atoms with Crippen LogP contribution >= 0.6 is 11.3 Å². The minimum atomic E-state index is 0.251. The van der Waals surface area contributed by atoms with Crippen LogP contribution in [0.25, 0.3) is 0 Å². The lowest BCUT2D eigenvalue weighted by Gasteiger charge is -2.37. The van der Waals surface area contributed by atoms with Crippen LogP contribution in [-0.4, -0.2) is 11.5 Å². The van der Waals surface area contributed by atoms with Crippen LogP contribution in [0, 0.1) is 11.8 Å². The van der Waals surface area contributed by atoms with E-state index in [0.29, 0.717) is 0 Å². The lowest BCUT2D eigenvalue weighted by molar-refractivity contribution is 0.209. The number of rotatable bonds is 4. The van der Waals surface area contributed by atoms with Gasteiger partial charge in [-0.15, -0.1) is 11.3 Å². The summed E-state index contributed by atoms with van der Waals surface area (Å²) in [6.45, 7) is 3.42. The zero-order valence-electron chi connectivity index (χ0n) is 12.6. The van der Waals surface area contributed by atoms with Crippen molar-refractivity contribution in [1.29, 1.82) is 0 Å². The largest absolute Gasteiger partial charge is 0.305 e. The molecular formula is C17H26N2S. The second kappa shape index (κ2) is 5.10. The van der Waals surface area contributed by atoms with E-state index in [0.717, 1.165) is 18.4 Å². The van der Waals surface area contributed by atoms with Gasteiger partial charge in [-0.2, -0.15) is 0 Å². The Labute approximate surface area is 126 Å². The molecule has 3 atom stereocenters. The fourth-order valence-corrected chi connectivity index (χ4v) is 6.18. The second-order valence-electron chi connectivity index (χ2n) is 7.07. The van der Waals surface area contributed by atoms with Gasteiger partial charge in [0.1, 0.15) is 5.01 Å². The second-order valence-corrected chi connectivity index (χ2v) is 8.16. The Hall–Kier alpha value is -0.410. The summed E-state index contributed by atoms with van der Waals surface area (Å²) in [6, 6.07) is 0. The normalized spacial score (nSPS) is 35.5. The molecule has 1 N–H and O–H groups in total. The van der Waals surface area contributed by atoms with Crippen molar-refractivity contribution < 1.29 is 0 Å². The van der Waals surface area contributed by atoms with Crippen LogP contribution in [0.2, 0.25) is 0 Å². The molecule has 110 valence electrons. The van der Waals surface area contributed by atoms with Crippen molar-refractivity contribution in [1.82, 2.24) is 10.3 Å². The van der Waals surface area contributed by atoms with Crippen molar-refractivity contribution in [3.63, 3.8) is 0 Å². The molecule has 0 saturated heterocycles. The van der Waals surface area contributed by atoms with Crippen LogP contribution in [0.3, 0.4) is 0 Å². The van der Waals surface area contributed by atoms with Gasteiger partial charge in [-0.3, -0.25) is 0 Å². The molecule has 20 heavy (non-hydrogen) atoms. The minimum Gasteiger partial charge on any atom is -0.305 e. The Balaban J connectivity index is 1.69. The SMILES string of the molecule is CCCNC1(c2nc3c(s2)CCCC3)CC2CCC1C2.